The fourth-order valence-electron chi connectivity index (χ4n) is 4.82. The summed E-state index contributed by atoms with van der Waals surface area (Å²) in [5, 5.41) is 5.81. The number of para-hydroxylation sites is 2. The normalized spacial score (nSPS) is 12.5. The molecule has 2 N–H and O–H groups in total. The molecule has 0 saturated carbocycles. The smallest absolute Gasteiger partial charge is 0.266 e. The lowest BCUT2D eigenvalue weighted by atomic mass is 10.0. The minimum absolute atomic E-state index is 0.175. The van der Waals surface area contributed by atoms with Gasteiger partial charge in [-0.15, -0.1) is 0 Å². The zero-order valence-corrected chi connectivity index (χ0v) is 24.4. The van der Waals surface area contributed by atoms with Gasteiger partial charge in [-0.05, 0) is 66.1 Å². The van der Waals surface area contributed by atoms with Crippen molar-refractivity contribution in [3.05, 3.63) is 125 Å². The van der Waals surface area contributed by atoms with E-state index in [0.29, 0.717) is 22.5 Å². The summed E-state index contributed by atoms with van der Waals surface area (Å²) in [6.07, 6.45) is 0.268. The summed E-state index contributed by atoms with van der Waals surface area (Å²) < 4.78 is 34.9. The first-order valence-corrected chi connectivity index (χ1v) is 14.4. The third kappa shape index (κ3) is 7.01. The summed E-state index contributed by atoms with van der Waals surface area (Å²) in [6.45, 7) is 1.83. The monoisotopic (exact) mass is 615 g/mol. The van der Waals surface area contributed by atoms with Crippen LogP contribution in [0.4, 0.5) is 8.78 Å². The lowest BCUT2D eigenvalue weighted by Gasteiger charge is -2.22. The molecule has 7 nitrogen and oxygen atoms in total. The maximum absolute atomic E-state index is 14.6. The number of nitrogens with one attached hydrogen (secondary N) is 2. The van der Waals surface area contributed by atoms with Crippen molar-refractivity contribution in [3.8, 4) is 11.1 Å². The summed E-state index contributed by atoms with van der Waals surface area (Å²) in [5.74, 6) is -3.90. The molecule has 4 aromatic carbocycles. The molecular formula is C34H28ClF2N3O4. The number of oxazole rings is 1. The highest BCUT2D eigenvalue weighted by Gasteiger charge is 2.31. The van der Waals surface area contributed by atoms with E-state index in [0.717, 1.165) is 23.3 Å². The predicted octanol–water partition coefficient (Wildman–Crippen LogP) is 6.94. The van der Waals surface area contributed by atoms with Gasteiger partial charge in [-0.25, -0.2) is 13.8 Å². The van der Waals surface area contributed by atoms with Crippen LogP contribution in [0.25, 0.3) is 22.2 Å². The highest BCUT2D eigenvalue weighted by molar-refractivity contribution is 6.30. The molecule has 5 rings (SSSR count). The summed E-state index contributed by atoms with van der Waals surface area (Å²) in [6, 6.07) is 21.5. The number of nitrogens with zero attached hydrogens (tertiary/aromatic N) is 1. The van der Waals surface area contributed by atoms with Crippen LogP contribution in [0.2, 0.25) is 5.02 Å². The molecule has 2 unspecified atom stereocenters. The number of carbonyl (C=O) groups excluding carboxylic acids is 3. The van der Waals surface area contributed by atoms with E-state index in [-0.39, 0.29) is 23.4 Å². The van der Waals surface area contributed by atoms with Crippen LogP contribution in [0.1, 0.15) is 46.4 Å². The molecule has 0 bridgehead atoms. The zero-order chi connectivity index (χ0) is 31.2. The van der Waals surface area contributed by atoms with Gasteiger partial charge in [0.2, 0.25) is 11.7 Å². The summed E-state index contributed by atoms with van der Waals surface area (Å²) >= 11 is 6.10. The maximum atomic E-state index is 14.6. The highest BCUT2D eigenvalue weighted by atomic mass is 35.5. The SMILES string of the molecule is CCCC(NC(=O)C(Cc1c(F)cccc1F)NC(=O)c1ccc(-c2cccc(Cl)c2)cc1)C(=O)c1nc2ccccc2o1. The molecule has 2 amide bonds. The van der Waals surface area contributed by atoms with Gasteiger partial charge in [0.05, 0.1) is 6.04 Å². The van der Waals surface area contributed by atoms with E-state index in [1.54, 1.807) is 60.7 Å². The molecule has 2 atom stereocenters. The molecule has 0 fully saturated rings. The Morgan fingerprint density at radius 2 is 1.55 bits per heavy atom. The lowest BCUT2D eigenvalue weighted by Crippen LogP contribution is -2.52. The van der Waals surface area contributed by atoms with E-state index in [9.17, 15) is 23.2 Å². The fraction of sp³-hybridized carbons (Fsp3) is 0.176. The van der Waals surface area contributed by atoms with Crippen LogP contribution in [-0.4, -0.2) is 34.7 Å². The number of hydrogen-bond donors (Lipinski definition) is 2. The van der Waals surface area contributed by atoms with E-state index >= 15 is 0 Å². The van der Waals surface area contributed by atoms with Gasteiger partial charge in [-0.2, -0.15) is 0 Å². The Bertz CT molecular complexity index is 1770. The minimum atomic E-state index is -1.42. The van der Waals surface area contributed by atoms with E-state index in [1.165, 1.54) is 6.07 Å². The van der Waals surface area contributed by atoms with Crippen molar-refractivity contribution in [1.29, 1.82) is 0 Å². The quantitative estimate of drug-likeness (QED) is 0.157. The summed E-state index contributed by atoms with van der Waals surface area (Å²) in [7, 11) is 0. The Kier molecular flexibility index (Phi) is 9.45. The Morgan fingerprint density at radius 1 is 0.841 bits per heavy atom. The van der Waals surface area contributed by atoms with Crippen LogP contribution in [0.15, 0.2) is 95.4 Å². The third-order valence-corrected chi connectivity index (χ3v) is 7.35. The predicted molar refractivity (Wildman–Crippen MR) is 163 cm³/mol. The van der Waals surface area contributed by atoms with Crippen LogP contribution in [0.5, 0.6) is 0 Å². The van der Waals surface area contributed by atoms with Gasteiger partial charge in [0, 0.05) is 22.6 Å². The van der Waals surface area contributed by atoms with E-state index in [2.05, 4.69) is 15.6 Å². The first-order valence-electron chi connectivity index (χ1n) is 14.0. The van der Waals surface area contributed by atoms with E-state index in [4.69, 9.17) is 16.0 Å². The molecule has 1 heterocycles. The topological polar surface area (TPSA) is 101 Å². The van der Waals surface area contributed by atoms with Crippen molar-refractivity contribution < 1.29 is 27.6 Å². The van der Waals surface area contributed by atoms with Gasteiger partial charge in [0.25, 0.3) is 11.8 Å². The minimum Gasteiger partial charge on any atom is -0.434 e. The van der Waals surface area contributed by atoms with Crippen molar-refractivity contribution in [2.45, 2.75) is 38.3 Å². The van der Waals surface area contributed by atoms with Crippen molar-refractivity contribution in [3.63, 3.8) is 0 Å². The van der Waals surface area contributed by atoms with Gasteiger partial charge < -0.3 is 15.1 Å². The molecule has 0 aliphatic carbocycles. The Hall–Kier alpha value is -4.89. The van der Waals surface area contributed by atoms with Crippen LogP contribution < -0.4 is 10.6 Å². The van der Waals surface area contributed by atoms with Crippen molar-refractivity contribution in [1.82, 2.24) is 15.6 Å². The molecular weight excluding hydrogens is 588 g/mol. The second-order valence-electron chi connectivity index (χ2n) is 10.2. The molecule has 1 aromatic heterocycles. The van der Waals surface area contributed by atoms with Crippen LogP contribution in [0, 0.1) is 11.6 Å². The molecule has 0 saturated heterocycles. The van der Waals surface area contributed by atoms with Crippen molar-refractivity contribution in [2.75, 3.05) is 0 Å². The molecule has 0 radical (unpaired) electrons. The second-order valence-corrected chi connectivity index (χ2v) is 10.7. The van der Waals surface area contributed by atoms with Gasteiger partial charge in [0.1, 0.15) is 23.2 Å². The summed E-state index contributed by atoms with van der Waals surface area (Å²) in [5.41, 5.74) is 2.41. The first-order chi connectivity index (χ1) is 21.2. The van der Waals surface area contributed by atoms with Crippen LogP contribution in [-0.2, 0) is 11.2 Å². The molecule has 0 aliphatic rings. The van der Waals surface area contributed by atoms with Gasteiger partial charge >= 0.3 is 0 Å². The number of fused-ring (bicyclic) bond motifs is 1. The Balaban J connectivity index is 1.38. The number of ketones is 1. The second kappa shape index (κ2) is 13.6. The number of rotatable bonds is 11. The largest absolute Gasteiger partial charge is 0.434 e. The third-order valence-electron chi connectivity index (χ3n) is 7.11. The van der Waals surface area contributed by atoms with Gasteiger partial charge in [-0.3, -0.25) is 14.4 Å². The molecule has 5 aromatic rings. The van der Waals surface area contributed by atoms with Crippen molar-refractivity contribution >= 4 is 40.3 Å². The van der Waals surface area contributed by atoms with Crippen LogP contribution >= 0.6 is 11.6 Å². The Labute approximate surface area is 257 Å². The maximum Gasteiger partial charge on any atom is 0.266 e. The Morgan fingerprint density at radius 3 is 2.23 bits per heavy atom. The van der Waals surface area contributed by atoms with Crippen molar-refractivity contribution in [2.24, 2.45) is 0 Å². The van der Waals surface area contributed by atoms with Gasteiger partial charge in [0.15, 0.2) is 5.58 Å². The summed E-state index contributed by atoms with van der Waals surface area (Å²) in [4.78, 5) is 44.5. The number of benzene rings is 4. The van der Waals surface area contributed by atoms with Crippen LogP contribution in [0.3, 0.4) is 0 Å². The molecule has 10 heteroatoms. The molecule has 0 spiro atoms. The number of hydrogen-bond acceptors (Lipinski definition) is 5. The first kappa shape index (κ1) is 30.6. The molecule has 44 heavy (non-hydrogen) atoms. The van der Waals surface area contributed by atoms with E-state index in [1.807, 2.05) is 19.1 Å². The average molecular weight is 616 g/mol. The number of carbonyl (C=O) groups is 3. The number of halogens is 3. The number of aromatic nitrogens is 1. The number of amides is 2. The average Bonchev–Trinajstić information content (AvgIpc) is 3.46. The van der Waals surface area contributed by atoms with E-state index < -0.39 is 47.7 Å². The van der Waals surface area contributed by atoms with Gasteiger partial charge in [-0.1, -0.05) is 67.4 Å². The zero-order valence-electron chi connectivity index (χ0n) is 23.7. The standard InChI is InChI=1S/C34H28ClF2N3O4/c1-2-7-28(31(41)34-40-27-12-3-4-13-30(27)44-34)38-33(43)29(19-24-25(36)10-6-11-26(24)37)39-32(42)21-16-14-20(15-17-21)22-8-5-9-23(35)18-22/h3-6,8-18,28-29H,2,7,19H2,1H3,(H,38,43)(H,39,42). The molecule has 0 aliphatic heterocycles. The molecule has 224 valence electrons. The fourth-order valence-corrected chi connectivity index (χ4v) is 5.01. The highest BCUT2D eigenvalue weighted by Crippen LogP contribution is 2.23. The number of Topliss-reactive ketones (excluding diaryl/α,β-unsaturated/α-hetero) is 1. The lowest BCUT2D eigenvalue weighted by molar-refractivity contribution is -0.123.